The van der Waals surface area contributed by atoms with Gasteiger partial charge in [-0.25, -0.2) is 0 Å². The maximum atomic E-state index is 12.4. The number of benzene rings is 2. The second-order valence-electron chi connectivity index (χ2n) is 5.94. The Bertz CT molecular complexity index is 708. The Kier molecular flexibility index (Phi) is 5.16. The standard InChI is InChI=1S/C20H22N2O2/c1-24-19-11-9-15(10-12-19)16-7-8-17(20(23)13-16)14-21-22-18-5-3-2-4-6-18/h2-6,9-12,14,16,21-22H,7-8,13H2,1H3/b17-14+. The lowest BCUT2D eigenvalue weighted by atomic mass is 9.81. The minimum atomic E-state index is 0.212. The summed E-state index contributed by atoms with van der Waals surface area (Å²) in [6.07, 6.45) is 4.13. The number of methoxy groups -OCH3 is 1. The van der Waals surface area contributed by atoms with Crippen LogP contribution in [0.25, 0.3) is 0 Å². The topological polar surface area (TPSA) is 50.4 Å². The number of ketones is 1. The lowest BCUT2D eigenvalue weighted by molar-refractivity contribution is -0.116. The van der Waals surface area contributed by atoms with Gasteiger partial charge in [-0.2, -0.15) is 0 Å². The van der Waals surface area contributed by atoms with Crippen LogP contribution < -0.4 is 15.6 Å². The van der Waals surface area contributed by atoms with E-state index in [1.165, 1.54) is 5.56 Å². The van der Waals surface area contributed by atoms with Crippen molar-refractivity contribution in [3.8, 4) is 5.75 Å². The van der Waals surface area contributed by atoms with E-state index in [0.717, 1.165) is 29.9 Å². The van der Waals surface area contributed by atoms with Gasteiger partial charge < -0.3 is 15.6 Å². The van der Waals surface area contributed by atoms with Crippen molar-refractivity contribution in [1.82, 2.24) is 5.43 Å². The summed E-state index contributed by atoms with van der Waals surface area (Å²) >= 11 is 0. The van der Waals surface area contributed by atoms with Crippen LogP contribution in [0.5, 0.6) is 5.75 Å². The fourth-order valence-corrected chi connectivity index (χ4v) is 2.97. The molecular weight excluding hydrogens is 300 g/mol. The number of para-hydroxylation sites is 1. The Balaban J connectivity index is 1.56. The van der Waals surface area contributed by atoms with Crippen LogP contribution in [0.3, 0.4) is 0 Å². The molecule has 3 rings (SSSR count). The molecule has 2 aromatic rings. The van der Waals surface area contributed by atoms with Gasteiger partial charge in [-0.05, 0) is 48.6 Å². The SMILES string of the molecule is COc1ccc(C2CC/C(=C\NNc3ccccc3)C(=O)C2)cc1. The highest BCUT2D eigenvalue weighted by Crippen LogP contribution is 2.33. The Morgan fingerprint density at radius 1 is 1.08 bits per heavy atom. The smallest absolute Gasteiger partial charge is 0.160 e. The fraction of sp³-hybridized carbons (Fsp3) is 0.250. The molecule has 4 heteroatoms. The Morgan fingerprint density at radius 2 is 1.83 bits per heavy atom. The van der Waals surface area contributed by atoms with Crippen molar-refractivity contribution in [2.24, 2.45) is 0 Å². The van der Waals surface area contributed by atoms with Gasteiger partial charge in [-0.1, -0.05) is 30.3 Å². The molecule has 1 saturated carbocycles. The van der Waals surface area contributed by atoms with Crippen molar-refractivity contribution in [2.45, 2.75) is 25.2 Å². The van der Waals surface area contributed by atoms with Gasteiger partial charge in [0, 0.05) is 18.2 Å². The number of Topliss-reactive ketones (excluding diaryl/α,β-unsaturated/α-hetero) is 1. The number of allylic oxidation sites excluding steroid dienone is 1. The molecule has 2 N–H and O–H groups in total. The van der Waals surface area contributed by atoms with Crippen LogP contribution in [0.15, 0.2) is 66.4 Å². The Hall–Kier alpha value is -2.75. The summed E-state index contributed by atoms with van der Waals surface area (Å²) in [5, 5.41) is 0. The van der Waals surface area contributed by atoms with Crippen LogP contribution in [0, 0.1) is 0 Å². The minimum absolute atomic E-state index is 0.212. The van der Waals surface area contributed by atoms with Gasteiger partial charge in [0.15, 0.2) is 5.78 Å². The lowest BCUT2D eigenvalue weighted by Gasteiger charge is -2.23. The molecule has 1 fully saturated rings. The fourth-order valence-electron chi connectivity index (χ4n) is 2.97. The van der Waals surface area contributed by atoms with E-state index in [0.29, 0.717) is 12.3 Å². The summed E-state index contributed by atoms with van der Waals surface area (Å²) in [5.74, 6) is 1.35. The number of carbonyl (C=O) groups excluding carboxylic acids is 1. The molecule has 2 aromatic carbocycles. The van der Waals surface area contributed by atoms with Crippen LogP contribution >= 0.6 is 0 Å². The Morgan fingerprint density at radius 3 is 2.50 bits per heavy atom. The predicted octanol–water partition coefficient (Wildman–Crippen LogP) is 4.03. The van der Waals surface area contributed by atoms with Crippen molar-refractivity contribution in [3.63, 3.8) is 0 Å². The molecule has 0 bridgehead atoms. The third-order valence-electron chi connectivity index (χ3n) is 4.38. The van der Waals surface area contributed by atoms with Crippen LogP contribution in [0.4, 0.5) is 5.69 Å². The van der Waals surface area contributed by atoms with E-state index in [4.69, 9.17) is 4.74 Å². The van der Waals surface area contributed by atoms with Gasteiger partial charge >= 0.3 is 0 Å². The first-order valence-corrected chi connectivity index (χ1v) is 8.19. The van der Waals surface area contributed by atoms with E-state index in [1.807, 2.05) is 42.5 Å². The molecular formula is C20H22N2O2. The molecule has 1 atom stereocenters. The quantitative estimate of drug-likeness (QED) is 0.644. The predicted molar refractivity (Wildman–Crippen MR) is 95.9 cm³/mol. The van der Waals surface area contributed by atoms with Crippen LogP contribution in [0.2, 0.25) is 0 Å². The van der Waals surface area contributed by atoms with E-state index in [2.05, 4.69) is 23.0 Å². The summed E-state index contributed by atoms with van der Waals surface area (Å²) in [6, 6.07) is 17.8. The highest BCUT2D eigenvalue weighted by Gasteiger charge is 2.24. The number of hydrogen-bond donors (Lipinski definition) is 2. The highest BCUT2D eigenvalue weighted by molar-refractivity contribution is 5.96. The summed E-state index contributed by atoms with van der Waals surface area (Å²) in [5.41, 5.74) is 9.12. The summed E-state index contributed by atoms with van der Waals surface area (Å²) in [6.45, 7) is 0. The van der Waals surface area contributed by atoms with Crippen molar-refractivity contribution in [1.29, 1.82) is 0 Å². The third kappa shape index (κ3) is 3.96. The first-order chi connectivity index (χ1) is 11.8. The van der Waals surface area contributed by atoms with Crippen molar-refractivity contribution < 1.29 is 9.53 Å². The maximum absolute atomic E-state index is 12.4. The number of hydrazine groups is 1. The number of carbonyl (C=O) groups is 1. The number of rotatable bonds is 5. The van der Waals surface area contributed by atoms with E-state index in [-0.39, 0.29) is 5.78 Å². The van der Waals surface area contributed by atoms with Gasteiger partial charge in [-0.3, -0.25) is 4.79 Å². The van der Waals surface area contributed by atoms with Gasteiger partial charge in [0.05, 0.1) is 12.8 Å². The first-order valence-electron chi connectivity index (χ1n) is 8.19. The van der Waals surface area contributed by atoms with Gasteiger partial charge in [0.2, 0.25) is 0 Å². The number of nitrogens with one attached hydrogen (secondary N) is 2. The zero-order valence-electron chi connectivity index (χ0n) is 13.8. The average Bonchev–Trinajstić information content (AvgIpc) is 2.64. The second kappa shape index (κ2) is 7.68. The monoisotopic (exact) mass is 322 g/mol. The number of hydrogen-bond acceptors (Lipinski definition) is 4. The van der Waals surface area contributed by atoms with Gasteiger partial charge in [-0.15, -0.1) is 0 Å². The molecule has 0 aromatic heterocycles. The van der Waals surface area contributed by atoms with Crippen LogP contribution in [0.1, 0.15) is 30.7 Å². The second-order valence-corrected chi connectivity index (χ2v) is 5.94. The molecule has 24 heavy (non-hydrogen) atoms. The molecule has 0 spiro atoms. The molecule has 1 unspecified atom stereocenters. The van der Waals surface area contributed by atoms with E-state index in [9.17, 15) is 4.79 Å². The van der Waals surface area contributed by atoms with Gasteiger partial charge in [0.1, 0.15) is 5.75 Å². The summed E-state index contributed by atoms with van der Waals surface area (Å²) in [7, 11) is 1.66. The zero-order chi connectivity index (χ0) is 16.8. The van der Waals surface area contributed by atoms with Crippen molar-refractivity contribution in [2.75, 3.05) is 12.5 Å². The van der Waals surface area contributed by atoms with Gasteiger partial charge in [0.25, 0.3) is 0 Å². The third-order valence-corrected chi connectivity index (χ3v) is 4.38. The molecule has 124 valence electrons. The minimum Gasteiger partial charge on any atom is -0.497 e. The van der Waals surface area contributed by atoms with E-state index in [1.54, 1.807) is 13.3 Å². The molecule has 1 aliphatic rings. The molecule has 0 amide bonds. The van der Waals surface area contributed by atoms with Crippen LogP contribution in [-0.2, 0) is 4.79 Å². The molecule has 0 heterocycles. The van der Waals surface area contributed by atoms with Crippen molar-refractivity contribution in [3.05, 3.63) is 71.9 Å². The Labute approximate surface area is 142 Å². The zero-order valence-corrected chi connectivity index (χ0v) is 13.8. The normalized spacial score (nSPS) is 19.1. The maximum Gasteiger partial charge on any atom is 0.160 e. The first kappa shape index (κ1) is 16.1. The van der Waals surface area contributed by atoms with E-state index >= 15 is 0 Å². The molecule has 0 aliphatic heterocycles. The summed E-state index contributed by atoms with van der Waals surface area (Å²) in [4.78, 5) is 12.4. The lowest BCUT2D eigenvalue weighted by Crippen LogP contribution is -2.21. The number of anilines is 1. The number of ether oxygens (including phenoxy) is 1. The largest absolute Gasteiger partial charge is 0.497 e. The van der Waals surface area contributed by atoms with E-state index < -0.39 is 0 Å². The average molecular weight is 322 g/mol. The highest BCUT2D eigenvalue weighted by atomic mass is 16.5. The molecule has 4 nitrogen and oxygen atoms in total. The summed E-state index contributed by atoms with van der Waals surface area (Å²) < 4.78 is 5.18. The molecule has 0 radical (unpaired) electrons. The molecule has 0 saturated heterocycles. The molecule has 1 aliphatic carbocycles. The van der Waals surface area contributed by atoms with Crippen LogP contribution in [-0.4, -0.2) is 12.9 Å². The van der Waals surface area contributed by atoms with Crippen molar-refractivity contribution >= 4 is 11.5 Å².